The molecular formula is C14H21NO9. The molecule has 2 N–H and O–H groups in total. The lowest BCUT2D eigenvalue weighted by atomic mass is 9.99. The summed E-state index contributed by atoms with van der Waals surface area (Å²) in [4.78, 5) is 45.9. The van der Waals surface area contributed by atoms with Gasteiger partial charge in [0, 0.05) is 33.1 Å². The Bertz CT molecular complexity index is 593. The fourth-order valence-corrected chi connectivity index (χ4v) is 2.15. The predicted molar refractivity (Wildman–Crippen MR) is 75.9 cm³/mol. The van der Waals surface area contributed by atoms with Gasteiger partial charge < -0.3 is 23.7 Å². The lowest BCUT2D eigenvalue weighted by molar-refractivity contribution is -0.311. The van der Waals surface area contributed by atoms with Gasteiger partial charge in [0.1, 0.15) is 18.8 Å². The van der Waals surface area contributed by atoms with E-state index in [1.54, 1.807) is 0 Å². The summed E-state index contributed by atoms with van der Waals surface area (Å²) < 4.78 is 53.1. The Morgan fingerprint density at radius 1 is 1.08 bits per heavy atom. The normalized spacial score (nSPS) is 31.5. The summed E-state index contributed by atoms with van der Waals surface area (Å²) in [5.41, 5.74) is 5.86. The summed E-state index contributed by atoms with van der Waals surface area (Å²) in [7, 11) is 0. The molecule has 10 heteroatoms. The third-order valence-electron chi connectivity index (χ3n) is 2.81. The molecule has 4 atom stereocenters. The molecule has 0 radical (unpaired) electrons. The summed E-state index contributed by atoms with van der Waals surface area (Å²) in [6, 6.07) is 0. The van der Waals surface area contributed by atoms with Crippen LogP contribution >= 0.6 is 0 Å². The van der Waals surface area contributed by atoms with Crippen molar-refractivity contribution in [2.45, 2.75) is 58.2 Å². The van der Waals surface area contributed by atoms with Gasteiger partial charge in [-0.2, -0.15) is 0 Å². The maximum Gasteiger partial charge on any atom is 0.306 e. The first kappa shape index (κ1) is 14.2. The third-order valence-corrected chi connectivity index (χ3v) is 2.81. The van der Waals surface area contributed by atoms with Crippen molar-refractivity contribution in [2.75, 3.05) is 6.61 Å². The molecule has 0 aromatic carbocycles. The summed E-state index contributed by atoms with van der Waals surface area (Å²) in [6.07, 6.45) is -4.64. The second-order valence-corrected chi connectivity index (χ2v) is 4.81. The van der Waals surface area contributed by atoms with Crippen molar-refractivity contribution in [1.29, 1.82) is 0 Å². The molecule has 0 aromatic rings. The van der Waals surface area contributed by atoms with E-state index in [0.29, 0.717) is 0 Å². The number of carbonyl (C=O) groups is 4. The van der Waals surface area contributed by atoms with Crippen molar-refractivity contribution in [2.24, 2.45) is 5.73 Å². The van der Waals surface area contributed by atoms with Crippen LogP contribution in [0.15, 0.2) is 0 Å². The predicted octanol–water partition coefficient (Wildman–Crippen LogP) is -0.623. The fraction of sp³-hybridized carbons (Fsp3) is 0.714. The molecule has 0 aromatic heterocycles. The minimum atomic E-state index is -2.20. The highest BCUT2D eigenvalue weighted by Gasteiger charge is 2.51. The second-order valence-electron chi connectivity index (χ2n) is 4.81. The number of hydrogen-bond acceptors (Lipinski definition) is 10. The number of hydrogen-bond donors (Lipinski definition) is 1. The summed E-state index contributed by atoms with van der Waals surface area (Å²) >= 11 is 0. The Morgan fingerprint density at radius 3 is 2.33 bits per heavy atom. The van der Waals surface area contributed by atoms with Gasteiger partial charge in [0.25, 0.3) is 5.91 Å². The van der Waals surface area contributed by atoms with Gasteiger partial charge in [0.15, 0.2) is 6.10 Å². The van der Waals surface area contributed by atoms with Crippen LogP contribution in [0.25, 0.3) is 0 Å². The molecule has 0 spiro atoms. The van der Waals surface area contributed by atoms with Crippen molar-refractivity contribution >= 4 is 23.9 Å². The van der Waals surface area contributed by atoms with Crippen LogP contribution in [0.5, 0.6) is 0 Å². The standard InChI is InChI=1S/C14H21NO9/c1-7(16)20-6-12-13(22-9(3)18)11(21-8(2)17)5-14(15,24-12)23-10(4)19/h11-13H,5-6,15H2,1-4H3/t11-,12-,13+,14?/m1/s1/i1D,2D,3D,4D. The average Bonchev–Trinajstić information content (AvgIpc) is 2.67. The Morgan fingerprint density at radius 2 is 1.71 bits per heavy atom. The molecule has 1 rings (SSSR count). The van der Waals surface area contributed by atoms with Crippen molar-refractivity contribution in [3.05, 3.63) is 0 Å². The number of esters is 4. The van der Waals surface area contributed by atoms with Gasteiger partial charge in [-0.15, -0.1) is 0 Å². The second kappa shape index (κ2) is 8.06. The van der Waals surface area contributed by atoms with E-state index in [1.165, 1.54) is 0 Å². The highest BCUT2D eigenvalue weighted by Crippen LogP contribution is 2.31. The zero-order valence-corrected chi connectivity index (χ0v) is 12.7. The van der Waals surface area contributed by atoms with E-state index in [9.17, 15) is 19.2 Å². The van der Waals surface area contributed by atoms with Crippen LogP contribution in [0.4, 0.5) is 0 Å². The lowest BCUT2D eigenvalue weighted by Gasteiger charge is -2.44. The van der Waals surface area contributed by atoms with Crippen LogP contribution in [0.2, 0.25) is 0 Å². The first-order chi connectivity index (χ1) is 13.2. The van der Waals surface area contributed by atoms with Gasteiger partial charge in [-0.25, -0.2) is 0 Å². The first-order valence-electron chi connectivity index (χ1n) is 9.41. The number of nitrogens with two attached hydrogens (primary N) is 1. The molecule has 1 aliphatic rings. The molecule has 1 saturated heterocycles. The molecular weight excluding hydrogens is 326 g/mol. The SMILES string of the molecule is [2H]CC(=O)OC[C@H]1OC(N)(OC(=O)C[2H])C[C@@H](OC(=O)C[2H])[C@@H]1OC(=O)C[2H]. The minimum Gasteiger partial charge on any atom is -0.463 e. The zero-order chi connectivity index (χ0) is 21.3. The van der Waals surface area contributed by atoms with E-state index < -0.39 is 88.7 Å². The van der Waals surface area contributed by atoms with Crippen LogP contribution in [-0.4, -0.2) is 54.7 Å². The van der Waals surface area contributed by atoms with E-state index in [-0.39, 0.29) is 0 Å². The molecule has 1 heterocycles. The van der Waals surface area contributed by atoms with E-state index in [4.69, 9.17) is 34.9 Å². The quantitative estimate of drug-likeness (QED) is 0.387. The van der Waals surface area contributed by atoms with Crippen molar-refractivity contribution in [3.63, 3.8) is 0 Å². The molecule has 24 heavy (non-hydrogen) atoms. The van der Waals surface area contributed by atoms with Crippen LogP contribution in [0, 0.1) is 0 Å². The molecule has 0 amide bonds. The minimum absolute atomic E-state index is 0.511. The van der Waals surface area contributed by atoms with Crippen LogP contribution < -0.4 is 5.73 Å². The smallest absolute Gasteiger partial charge is 0.306 e. The van der Waals surface area contributed by atoms with Crippen molar-refractivity contribution in [1.82, 2.24) is 0 Å². The monoisotopic (exact) mass is 351 g/mol. The van der Waals surface area contributed by atoms with Gasteiger partial charge in [0.05, 0.1) is 6.42 Å². The highest BCUT2D eigenvalue weighted by molar-refractivity contribution is 5.68. The fourth-order valence-electron chi connectivity index (χ4n) is 2.15. The molecule has 10 nitrogen and oxygen atoms in total. The van der Waals surface area contributed by atoms with Gasteiger partial charge in [-0.1, -0.05) is 0 Å². The average molecular weight is 351 g/mol. The van der Waals surface area contributed by atoms with Gasteiger partial charge in [0.2, 0.25) is 0 Å². The number of rotatable bonds is 5. The topological polar surface area (TPSA) is 140 Å². The van der Waals surface area contributed by atoms with E-state index in [2.05, 4.69) is 0 Å². The Balaban J connectivity index is 3.14. The van der Waals surface area contributed by atoms with Crippen molar-refractivity contribution < 1.29 is 48.3 Å². The summed E-state index contributed by atoms with van der Waals surface area (Å²) in [5.74, 6) is -6.21. The van der Waals surface area contributed by atoms with Gasteiger partial charge >= 0.3 is 23.9 Å². The molecule has 1 aliphatic heterocycles. The molecule has 1 fully saturated rings. The number of carbonyl (C=O) groups excluding carboxylic acids is 4. The van der Waals surface area contributed by atoms with Crippen LogP contribution in [0.1, 0.15) is 39.5 Å². The summed E-state index contributed by atoms with van der Waals surface area (Å²) in [5, 5.41) is 0. The van der Waals surface area contributed by atoms with Crippen LogP contribution in [-0.2, 0) is 42.9 Å². The molecule has 0 saturated carbocycles. The van der Waals surface area contributed by atoms with E-state index in [0.717, 1.165) is 0 Å². The molecule has 0 bridgehead atoms. The highest BCUT2D eigenvalue weighted by atomic mass is 16.8. The maximum absolute atomic E-state index is 11.6. The Kier molecular flexibility index (Phi) is 4.76. The first-order valence-corrected chi connectivity index (χ1v) is 6.58. The maximum atomic E-state index is 11.6. The Labute approximate surface area is 144 Å². The van der Waals surface area contributed by atoms with Crippen LogP contribution in [0.3, 0.4) is 0 Å². The zero-order valence-electron chi connectivity index (χ0n) is 16.7. The Hall–Kier alpha value is -2.20. The summed E-state index contributed by atoms with van der Waals surface area (Å²) in [6.45, 7) is -3.62. The van der Waals surface area contributed by atoms with Crippen molar-refractivity contribution in [3.8, 4) is 0 Å². The third kappa shape index (κ3) is 6.13. The largest absolute Gasteiger partial charge is 0.463 e. The van der Waals surface area contributed by atoms with Gasteiger partial charge in [-0.3, -0.25) is 24.9 Å². The number of ether oxygens (including phenoxy) is 5. The molecule has 136 valence electrons. The molecule has 1 unspecified atom stereocenters. The van der Waals surface area contributed by atoms with E-state index in [1.807, 2.05) is 0 Å². The van der Waals surface area contributed by atoms with E-state index >= 15 is 0 Å². The lowest BCUT2D eigenvalue weighted by Crippen LogP contribution is -2.63. The molecule has 0 aliphatic carbocycles. The van der Waals surface area contributed by atoms with Gasteiger partial charge in [-0.05, 0) is 0 Å².